The standard InChI is InChI=1S/C13H24N4/c1-2-17-12-15-11-13(17)10-14-6-9-16-7-4-3-5-8-16/h11-12,14H,2-10H2,1H3. The Bertz CT molecular complexity index is 315. The van der Waals surface area contributed by atoms with E-state index in [1.54, 1.807) is 0 Å². The second-order valence-electron chi connectivity index (χ2n) is 4.75. The van der Waals surface area contributed by atoms with Crippen molar-refractivity contribution in [3.8, 4) is 0 Å². The fraction of sp³-hybridized carbons (Fsp3) is 0.769. The van der Waals surface area contributed by atoms with E-state index in [-0.39, 0.29) is 0 Å². The van der Waals surface area contributed by atoms with Crippen LogP contribution in [-0.4, -0.2) is 40.6 Å². The summed E-state index contributed by atoms with van der Waals surface area (Å²) < 4.78 is 2.19. The lowest BCUT2D eigenvalue weighted by Crippen LogP contribution is -2.35. The Morgan fingerprint density at radius 2 is 2.12 bits per heavy atom. The Hall–Kier alpha value is -0.870. The molecule has 4 heteroatoms. The quantitative estimate of drug-likeness (QED) is 0.760. The van der Waals surface area contributed by atoms with Crippen LogP contribution in [0, 0.1) is 0 Å². The fourth-order valence-corrected chi connectivity index (χ4v) is 2.42. The predicted molar refractivity (Wildman–Crippen MR) is 69.9 cm³/mol. The molecule has 0 bridgehead atoms. The van der Waals surface area contributed by atoms with Gasteiger partial charge in [0.1, 0.15) is 0 Å². The maximum absolute atomic E-state index is 4.17. The van der Waals surface area contributed by atoms with Gasteiger partial charge in [-0.05, 0) is 32.9 Å². The SMILES string of the molecule is CCn1cncc1CNCCN1CCCCC1. The van der Waals surface area contributed by atoms with Crippen LogP contribution >= 0.6 is 0 Å². The van der Waals surface area contributed by atoms with E-state index in [0.29, 0.717) is 0 Å². The summed E-state index contributed by atoms with van der Waals surface area (Å²) in [5.41, 5.74) is 1.28. The van der Waals surface area contributed by atoms with Crippen LogP contribution in [0.3, 0.4) is 0 Å². The molecule has 0 amide bonds. The number of rotatable bonds is 6. The van der Waals surface area contributed by atoms with E-state index >= 15 is 0 Å². The van der Waals surface area contributed by atoms with Gasteiger partial charge in [0.15, 0.2) is 0 Å². The minimum absolute atomic E-state index is 0.932. The summed E-state index contributed by atoms with van der Waals surface area (Å²) in [5, 5.41) is 3.51. The van der Waals surface area contributed by atoms with Crippen LogP contribution in [0.2, 0.25) is 0 Å². The van der Waals surface area contributed by atoms with Crippen LogP contribution in [0.25, 0.3) is 0 Å². The van der Waals surface area contributed by atoms with Crippen molar-refractivity contribution in [3.05, 3.63) is 18.2 Å². The van der Waals surface area contributed by atoms with Crippen molar-refractivity contribution in [2.45, 2.75) is 39.3 Å². The Balaban J connectivity index is 1.62. The van der Waals surface area contributed by atoms with Crippen LogP contribution in [0.5, 0.6) is 0 Å². The van der Waals surface area contributed by atoms with Gasteiger partial charge in [-0.25, -0.2) is 4.98 Å². The number of likely N-dealkylation sites (tertiary alicyclic amines) is 1. The molecule has 0 radical (unpaired) electrons. The van der Waals surface area contributed by atoms with Gasteiger partial charge in [-0.2, -0.15) is 0 Å². The van der Waals surface area contributed by atoms with Gasteiger partial charge in [0.2, 0.25) is 0 Å². The smallest absolute Gasteiger partial charge is 0.0948 e. The Morgan fingerprint density at radius 3 is 2.88 bits per heavy atom. The third-order valence-corrected chi connectivity index (χ3v) is 3.50. The molecule has 4 nitrogen and oxygen atoms in total. The Labute approximate surface area is 104 Å². The Morgan fingerprint density at radius 1 is 1.29 bits per heavy atom. The van der Waals surface area contributed by atoms with Crippen LogP contribution in [-0.2, 0) is 13.1 Å². The van der Waals surface area contributed by atoms with Gasteiger partial charge in [0, 0.05) is 32.4 Å². The lowest BCUT2D eigenvalue weighted by Gasteiger charge is -2.26. The average Bonchev–Trinajstić information content (AvgIpc) is 2.83. The fourth-order valence-electron chi connectivity index (χ4n) is 2.42. The summed E-state index contributed by atoms with van der Waals surface area (Å²) in [6.07, 6.45) is 8.03. The molecule has 1 aliphatic rings. The molecule has 96 valence electrons. The van der Waals surface area contributed by atoms with Crippen molar-refractivity contribution in [2.24, 2.45) is 0 Å². The molecule has 1 N–H and O–H groups in total. The largest absolute Gasteiger partial charge is 0.334 e. The van der Waals surface area contributed by atoms with Gasteiger partial charge in [0.25, 0.3) is 0 Å². The van der Waals surface area contributed by atoms with Gasteiger partial charge in [-0.1, -0.05) is 6.42 Å². The zero-order valence-corrected chi connectivity index (χ0v) is 10.9. The number of aromatic nitrogens is 2. The summed E-state index contributed by atoms with van der Waals surface area (Å²) in [6, 6.07) is 0. The molecule has 0 spiro atoms. The Kier molecular flexibility index (Phi) is 5.01. The summed E-state index contributed by atoms with van der Waals surface area (Å²) in [6.45, 7) is 8.92. The van der Waals surface area contributed by atoms with Crippen molar-refractivity contribution in [1.82, 2.24) is 19.8 Å². The topological polar surface area (TPSA) is 33.1 Å². The third-order valence-electron chi connectivity index (χ3n) is 3.50. The second-order valence-corrected chi connectivity index (χ2v) is 4.75. The first-order valence-electron chi connectivity index (χ1n) is 6.82. The van der Waals surface area contributed by atoms with Gasteiger partial charge < -0.3 is 14.8 Å². The second kappa shape index (κ2) is 6.77. The van der Waals surface area contributed by atoms with E-state index in [0.717, 1.165) is 19.6 Å². The number of nitrogens with one attached hydrogen (secondary N) is 1. The summed E-state index contributed by atoms with van der Waals surface area (Å²) >= 11 is 0. The molecule has 0 aromatic carbocycles. The van der Waals surface area contributed by atoms with Crippen molar-refractivity contribution >= 4 is 0 Å². The molecule has 0 atom stereocenters. The molecule has 1 saturated heterocycles. The third kappa shape index (κ3) is 3.82. The zero-order chi connectivity index (χ0) is 11.9. The number of hydrogen-bond donors (Lipinski definition) is 1. The van der Waals surface area contributed by atoms with Crippen LogP contribution in [0.1, 0.15) is 31.9 Å². The maximum atomic E-state index is 4.17. The lowest BCUT2D eigenvalue weighted by atomic mass is 10.1. The van der Waals surface area contributed by atoms with E-state index in [9.17, 15) is 0 Å². The molecule has 2 heterocycles. The van der Waals surface area contributed by atoms with Crippen molar-refractivity contribution in [1.29, 1.82) is 0 Å². The molecule has 0 unspecified atom stereocenters. The number of imidazole rings is 1. The van der Waals surface area contributed by atoms with E-state index in [1.165, 1.54) is 44.6 Å². The van der Waals surface area contributed by atoms with E-state index in [4.69, 9.17) is 0 Å². The van der Waals surface area contributed by atoms with E-state index in [2.05, 4.69) is 26.7 Å². The molecular weight excluding hydrogens is 212 g/mol. The highest BCUT2D eigenvalue weighted by molar-refractivity contribution is 4.97. The highest BCUT2D eigenvalue weighted by Crippen LogP contribution is 2.07. The van der Waals surface area contributed by atoms with Crippen molar-refractivity contribution in [2.75, 3.05) is 26.2 Å². The number of hydrogen-bond acceptors (Lipinski definition) is 3. The first-order chi connectivity index (χ1) is 8.40. The molecule has 17 heavy (non-hydrogen) atoms. The van der Waals surface area contributed by atoms with Crippen LogP contribution in [0.4, 0.5) is 0 Å². The number of aryl methyl sites for hydroxylation is 1. The number of nitrogens with zero attached hydrogens (tertiary/aromatic N) is 3. The molecular formula is C13H24N4. The normalized spacial score (nSPS) is 17.5. The van der Waals surface area contributed by atoms with Gasteiger partial charge in [-0.15, -0.1) is 0 Å². The summed E-state index contributed by atoms with van der Waals surface area (Å²) in [7, 11) is 0. The maximum Gasteiger partial charge on any atom is 0.0948 e. The first kappa shape index (κ1) is 12.6. The molecule has 2 rings (SSSR count). The average molecular weight is 236 g/mol. The minimum Gasteiger partial charge on any atom is -0.334 e. The van der Waals surface area contributed by atoms with Gasteiger partial charge in [-0.3, -0.25) is 0 Å². The molecule has 1 aromatic heterocycles. The van der Waals surface area contributed by atoms with Crippen molar-refractivity contribution < 1.29 is 0 Å². The lowest BCUT2D eigenvalue weighted by molar-refractivity contribution is 0.229. The monoisotopic (exact) mass is 236 g/mol. The highest BCUT2D eigenvalue weighted by Gasteiger charge is 2.08. The van der Waals surface area contributed by atoms with E-state index < -0.39 is 0 Å². The van der Waals surface area contributed by atoms with Gasteiger partial charge in [0.05, 0.1) is 12.0 Å². The highest BCUT2D eigenvalue weighted by atomic mass is 15.1. The molecule has 0 saturated carbocycles. The predicted octanol–water partition coefficient (Wildman–Crippen LogP) is 1.48. The number of piperidine rings is 1. The molecule has 1 fully saturated rings. The van der Waals surface area contributed by atoms with E-state index in [1.807, 2.05) is 12.5 Å². The minimum atomic E-state index is 0.932. The van der Waals surface area contributed by atoms with Crippen LogP contribution in [0.15, 0.2) is 12.5 Å². The van der Waals surface area contributed by atoms with Gasteiger partial charge >= 0.3 is 0 Å². The first-order valence-corrected chi connectivity index (χ1v) is 6.82. The molecule has 1 aromatic rings. The molecule has 0 aliphatic carbocycles. The van der Waals surface area contributed by atoms with Crippen LogP contribution < -0.4 is 5.32 Å². The summed E-state index contributed by atoms with van der Waals surface area (Å²) in [4.78, 5) is 6.74. The summed E-state index contributed by atoms with van der Waals surface area (Å²) in [5.74, 6) is 0. The molecule has 1 aliphatic heterocycles. The van der Waals surface area contributed by atoms with Crippen molar-refractivity contribution in [3.63, 3.8) is 0 Å². The zero-order valence-electron chi connectivity index (χ0n) is 10.9.